The van der Waals surface area contributed by atoms with Crippen molar-refractivity contribution in [2.45, 2.75) is 66.0 Å². The molecule has 0 saturated carbocycles. The Morgan fingerprint density at radius 3 is 2.59 bits per heavy atom. The number of hydrogen-bond donors (Lipinski definition) is 1. The lowest BCUT2D eigenvalue weighted by Gasteiger charge is -2.21. The van der Waals surface area contributed by atoms with Crippen molar-refractivity contribution >= 4 is 5.91 Å². The molecule has 1 aromatic heterocycles. The first kappa shape index (κ1) is 20.7. The van der Waals surface area contributed by atoms with Gasteiger partial charge in [0.25, 0.3) is 0 Å². The molecule has 1 atom stereocenters. The van der Waals surface area contributed by atoms with Crippen molar-refractivity contribution in [1.29, 1.82) is 5.26 Å². The summed E-state index contributed by atoms with van der Waals surface area (Å²) in [6.07, 6.45) is 2.46. The van der Waals surface area contributed by atoms with Crippen LogP contribution in [0.1, 0.15) is 61.7 Å². The number of carbonyl (C=O) groups is 1. The first-order valence-electron chi connectivity index (χ1n) is 9.66. The average molecular weight is 367 g/mol. The van der Waals surface area contributed by atoms with Crippen LogP contribution in [-0.4, -0.2) is 15.7 Å². The molecule has 2 aromatic rings. The van der Waals surface area contributed by atoms with E-state index in [0.717, 1.165) is 28.9 Å². The van der Waals surface area contributed by atoms with Crippen LogP contribution >= 0.6 is 0 Å². The van der Waals surface area contributed by atoms with E-state index in [0.29, 0.717) is 31.7 Å². The second-order valence-electron chi connectivity index (χ2n) is 7.44. The standard InChI is InChI=1S/C22H30N4O/c1-16(2)15-21(19-9-6-5-7-10-19)24-22(27)12-11-20-17(3)25-26(18(20)4)14-8-13-23/h5-7,9-10,16,21H,8,11-12,14-15H2,1-4H3,(H,24,27). The second-order valence-corrected chi connectivity index (χ2v) is 7.44. The highest BCUT2D eigenvalue weighted by atomic mass is 16.1. The molecule has 0 bridgehead atoms. The third-order valence-corrected chi connectivity index (χ3v) is 4.81. The summed E-state index contributed by atoms with van der Waals surface area (Å²) in [6.45, 7) is 8.92. The van der Waals surface area contributed by atoms with Gasteiger partial charge in [-0.2, -0.15) is 10.4 Å². The number of nitrogens with one attached hydrogen (secondary N) is 1. The Hall–Kier alpha value is -2.61. The molecule has 0 aliphatic heterocycles. The monoisotopic (exact) mass is 366 g/mol. The molecule has 5 nitrogen and oxygen atoms in total. The van der Waals surface area contributed by atoms with Crippen LogP contribution in [0.5, 0.6) is 0 Å². The fourth-order valence-electron chi connectivity index (χ4n) is 3.41. The quantitative estimate of drug-likeness (QED) is 0.721. The van der Waals surface area contributed by atoms with E-state index in [4.69, 9.17) is 5.26 Å². The van der Waals surface area contributed by atoms with Crippen molar-refractivity contribution in [3.8, 4) is 6.07 Å². The fraction of sp³-hybridized carbons (Fsp3) is 0.500. The van der Waals surface area contributed by atoms with Gasteiger partial charge in [-0.3, -0.25) is 9.48 Å². The van der Waals surface area contributed by atoms with Crippen LogP contribution in [0, 0.1) is 31.1 Å². The Morgan fingerprint density at radius 2 is 1.96 bits per heavy atom. The van der Waals surface area contributed by atoms with Gasteiger partial charge in [-0.05, 0) is 43.7 Å². The topological polar surface area (TPSA) is 70.7 Å². The summed E-state index contributed by atoms with van der Waals surface area (Å²) in [5, 5.41) is 16.5. The molecular formula is C22H30N4O. The molecule has 0 radical (unpaired) electrons. The van der Waals surface area contributed by atoms with Gasteiger partial charge in [0.1, 0.15) is 0 Å². The first-order chi connectivity index (χ1) is 12.9. The van der Waals surface area contributed by atoms with E-state index in [1.54, 1.807) is 0 Å². The summed E-state index contributed by atoms with van der Waals surface area (Å²) >= 11 is 0. The van der Waals surface area contributed by atoms with E-state index in [1.165, 1.54) is 0 Å². The number of aryl methyl sites for hydroxylation is 2. The van der Waals surface area contributed by atoms with Crippen molar-refractivity contribution in [3.05, 3.63) is 52.8 Å². The van der Waals surface area contributed by atoms with Crippen LogP contribution in [0.25, 0.3) is 0 Å². The third kappa shape index (κ3) is 5.96. The van der Waals surface area contributed by atoms with Gasteiger partial charge in [0.05, 0.1) is 30.8 Å². The van der Waals surface area contributed by atoms with Crippen LogP contribution in [0.15, 0.2) is 30.3 Å². The number of nitriles is 1. The summed E-state index contributed by atoms with van der Waals surface area (Å²) in [5.74, 6) is 0.562. The predicted octanol–water partition coefficient (Wildman–Crippen LogP) is 4.25. The van der Waals surface area contributed by atoms with E-state index in [2.05, 4.69) is 42.5 Å². The highest BCUT2D eigenvalue weighted by Gasteiger charge is 2.17. The second kappa shape index (κ2) is 9.91. The molecule has 1 unspecified atom stereocenters. The van der Waals surface area contributed by atoms with Gasteiger partial charge in [0, 0.05) is 12.1 Å². The van der Waals surface area contributed by atoms with E-state index in [9.17, 15) is 4.79 Å². The number of nitrogens with zero attached hydrogens (tertiary/aromatic N) is 3. The SMILES string of the molecule is Cc1nn(CCC#N)c(C)c1CCC(=O)NC(CC(C)C)c1ccccc1. The largest absolute Gasteiger partial charge is 0.349 e. The number of amides is 1. The Balaban J connectivity index is 2.00. The minimum Gasteiger partial charge on any atom is -0.349 e. The summed E-state index contributed by atoms with van der Waals surface area (Å²) in [7, 11) is 0. The highest BCUT2D eigenvalue weighted by molar-refractivity contribution is 5.76. The van der Waals surface area contributed by atoms with Gasteiger partial charge in [-0.25, -0.2) is 0 Å². The lowest BCUT2D eigenvalue weighted by molar-refractivity contribution is -0.121. The Morgan fingerprint density at radius 1 is 1.26 bits per heavy atom. The normalized spacial score (nSPS) is 12.0. The molecule has 0 aliphatic rings. The number of hydrogen-bond acceptors (Lipinski definition) is 3. The van der Waals surface area contributed by atoms with Crippen LogP contribution in [0.2, 0.25) is 0 Å². The Bertz CT molecular complexity index is 787. The van der Waals surface area contributed by atoms with Gasteiger partial charge in [0.15, 0.2) is 0 Å². The molecule has 27 heavy (non-hydrogen) atoms. The molecule has 1 heterocycles. The van der Waals surface area contributed by atoms with Gasteiger partial charge in [-0.15, -0.1) is 0 Å². The van der Waals surface area contributed by atoms with Gasteiger partial charge < -0.3 is 5.32 Å². The fourth-order valence-corrected chi connectivity index (χ4v) is 3.41. The zero-order valence-corrected chi connectivity index (χ0v) is 16.8. The van der Waals surface area contributed by atoms with E-state index in [-0.39, 0.29) is 11.9 Å². The number of carbonyl (C=O) groups excluding carboxylic acids is 1. The lowest BCUT2D eigenvalue weighted by Crippen LogP contribution is -2.29. The van der Waals surface area contributed by atoms with Crippen molar-refractivity contribution in [2.75, 3.05) is 0 Å². The van der Waals surface area contributed by atoms with Crippen molar-refractivity contribution in [2.24, 2.45) is 5.92 Å². The molecule has 1 amide bonds. The van der Waals surface area contributed by atoms with Gasteiger partial charge in [-0.1, -0.05) is 44.2 Å². The van der Waals surface area contributed by atoms with Crippen molar-refractivity contribution in [3.63, 3.8) is 0 Å². The number of rotatable bonds is 9. The molecule has 0 fully saturated rings. The molecule has 2 rings (SSSR count). The maximum atomic E-state index is 12.6. The number of benzene rings is 1. The summed E-state index contributed by atoms with van der Waals surface area (Å²) in [4.78, 5) is 12.6. The minimum atomic E-state index is 0.0410. The average Bonchev–Trinajstić information content (AvgIpc) is 2.91. The summed E-state index contributed by atoms with van der Waals surface area (Å²) in [6, 6.07) is 12.3. The predicted molar refractivity (Wildman–Crippen MR) is 107 cm³/mol. The Labute approximate surface area is 162 Å². The van der Waals surface area contributed by atoms with Gasteiger partial charge in [0.2, 0.25) is 5.91 Å². The van der Waals surface area contributed by atoms with Crippen molar-refractivity contribution in [1.82, 2.24) is 15.1 Å². The van der Waals surface area contributed by atoms with Crippen LogP contribution in [-0.2, 0) is 17.8 Å². The Kier molecular flexibility index (Phi) is 7.60. The van der Waals surface area contributed by atoms with E-state index >= 15 is 0 Å². The molecule has 1 N–H and O–H groups in total. The molecule has 0 spiro atoms. The smallest absolute Gasteiger partial charge is 0.220 e. The first-order valence-corrected chi connectivity index (χ1v) is 9.66. The maximum absolute atomic E-state index is 12.6. The lowest BCUT2D eigenvalue weighted by atomic mass is 9.96. The van der Waals surface area contributed by atoms with Crippen LogP contribution in [0.4, 0.5) is 0 Å². The molecule has 1 aromatic carbocycles. The zero-order valence-electron chi connectivity index (χ0n) is 16.8. The summed E-state index contributed by atoms with van der Waals surface area (Å²) < 4.78 is 1.87. The van der Waals surface area contributed by atoms with Crippen LogP contribution < -0.4 is 5.32 Å². The molecule has 0 aliphatic carbocycles. The maximum Gasteiger partial charge on any atom is 0.220 e. The molecule has 5 heteroatoms. The van der Waals surface area contributed by atoms with Crippen LogP contribution in [0.3, 0.4) is 0 Å². The highest BCUT2D eigenvalue weighted by Crippen LogP contribution is 2.22. The minimum absolute atomic E-state index is 0.0410. The number of aromatic nitrogens is 2. The van der Waals surface area contributed by atoms with Crippen molar-refractivity contribution < 1.29 is 4.79 Å². The molecule has 144 valence electrons. The molecule has 0 saturated heterocycles. The van der Waals surface area contributed by atoms with Gasteiger partial charge >= 0.3 is 0 Å². The van der Waals surface area contributed by atoms with E-state index < -0.39 is 0 Å². The zero-order chi connectivity index (χ0) is 19.8. The third-order valence-electron chi connectivity index (χ3n) is 4.81. The van der Waals surface area contributed by atoms with E-state index in [1.807, 2.05) is 36.7 Å². The molecular weight excluding hydrogens is 336 g/mol. The summed E-state index contributed by atoms with van der Waals surface area (Å²) in [5.41, 5.74) is 4.26.